The van der Waals surface area contributed by atoms with Gasteiger partial charge in [-0.25, -0.2) is 13.2 Å². The van der Waals surface area contributed by atoms with Crippen LogP contribution in [0.25, 0.3) is 0 Å². The summed E-state index contributed by atoms with van der Waals surface area (Å²) in [5, 5.41) is 15.8. The van der Waals surface area contributed by atoms with Gasteiger partial charge in [0.15, 0.2) is 11.5 Å². The molecule has 0 aromatic heterocycles. The molecule has 2 heterocycles. The molecule has 3 aromatic rings. The number of amides is 3. The first-order valence-electron chi connectivity index (χ1n) is 17.2. The second-order valence-electron chi connectivity index (χ2n) is 13.3. The molecule has 3 aromatic carbocycles. The molecule has 0 bridgehead atoms. The predicted molar refractivity (Wildman–Crippen MR) is 193 cm³/mol. The van der Waals surface area contributed by atoms with E-state index in [1.807, 2.05) is 20.8 Å². The van der Waals surface area contributed by atoms with Crippen molar-refractivity contribution in [2.45, 2.75) is 70.1 Å². The van der Waals surface area contributed by atoms with Crippen molar-refractivity contribution >= 4 is 33.3 Å². The average molecular weight is 725 g/mol. The lowest BCUT2D eigenvalue weighted by molar-refractivity contribution is -0.00834. The minimum atomic E-state index is -3.80. The number of aliphatic hydroxyl groups excluding tert-OH is 1. The predicted octanol–water partition coefficient (Wildman–Crippen LogP) is 5.48. The summed E-state index contributed by atoms with van der Waals surface area (Å²) < 4.78 is 51.6. The number of ether oxygens (including phenoxy) is 4. The molecular formula is C37H48N4O9S. The van der Waals surface area contributed by atoms with Gasteiger partial charge in [0.05, 0.1) is 35.3 Å². The zero-order valence-electron chi connectivity index (χ0n) is 29.8. The van der Waals surface area contributed by atoms with Crippen LogP contribution >= 0.6 is 0 Å². The number of aryl methyl sites for hydroxylation is 1. The molecule has 3 amide bonds. The van der Waals surface area contributed by atoms with Crippen LogP contribution in [0.5, 0.6) is 17.2 Å². The van der Waals surface area contributed by atoms with Crippen LogP contribution in [0.4, 0.5) is 16.2 Å². The lowest BCUT2D eigenvalue weighted by Crippen LogP contribution is -2.48. The molecule has 14 heteroatoms. The zero-order valence-corrected chi connectivity index (χ0v) is 30.6. The maximum Gasteiger partial charge on any atom is 0.323 e. The topological polar surface area (TPSA) is 156 Å². The monoisotopic (exact) mass is 724 g/mol. The smallest absolute Gasteiger partial charge is 0.323 e. The Morgan fingerprint density at radius 3 is 2.35 bits per heavy atom. The van der Waals surface area contributed by atoms with Crippen molar-refractivity contribution in [3.05, 3.63) is 71.8 Å². The Hall–Kier alpha value is -4.37. The average Bonchev–Trinajstić information content (AvgIpc) is 3.57. The molecule has 276 valence electrons. The summed E-state index contributed by atoms with van der Waals surface area (Å²) in [6.45, 7) is 7.89. The zero-order chi connectivity index (χ0) is 36.7. The molecule has 13 nitrogen and oxygen atoms in total. The number of likely N-dealkylation sites (N-methyl/N-ethyl adjacent to an activating group) is 1. The van der Waals surface area contributed by atoms with Gasteiger partial charge in [0.1, 0.15) is 5.75 Å². The molecule has 51 heavy (non-hydrogen) atoms. The van der Waals surface area contributed by atoms with Gasteiger partial charge in [0.2, 0.25) is 16.8 Å². The Morgan fingerprint density at radius 2 is 1.65 bits per heavy atom. The van der Waals surface area contributed by atoms with E-state index < -0.39 is 34.1 Å². The lowest BCUT2D eigenvalue weighted by atomic mass is 10.0. The first-order chi connectivity index (χ1) is 24.3. The third-order valence-corrected chi connectivity index (χ3v) is 10.9. The first kappa shape index (κ1) is 37.9. The maximum atomic E-state index is 14.4. The number of anilines is 2. The third-order valence-electron chi connectivity index (χ3n) is 9.11. The van der Waals surface area contributed by atoms with Gasteiger partial charge in [-0.3, -0.25) is 4.79 Å². The van der Waals surface area contributed by atoms with E-state index in [-0.39, 0.29) is 49.0 Å². The molecule has 2 aliphatic heterocycles. The largest absolute Gasteiger partial charge is 0.490 e. The fraction of sp³-hybridized carbons (Fsp3) is 0.459. The normalized spacial score (nSPS) is 20.6. The van der Waals surface area contributed by atoms with Crippen LogP contribution in [0.1, 0.15) is 56.0 Å². The molecule has 0 saturated heterocycles. The van der Waals surface area contributed by atoms with Gasteiger partial charge in [-0.15, -0.1) is 0 Å². The third kappa shape index (κ3) is 9.50. The highest BCUT2D eigenvalue weighted by Crippen LogP contribution is 2.34. The van der Waals surface area contributed by atoms with Crippen molar-refractivity contribution in [1.29, 1.82) is 0 Å². The van der Waals surface area contributed by atoms with E-state index in [9.17, 15) is 23.1 Å². The minimum Gasteiger partial charge on any atom is -0.490 e. The Labute approximate surface area is 299 Å². The molecule has 5 rings (SSSR count). The Bertz CT molecular complexity index is 1790. The van der Waals surface area contributed by atoms with Crippen LogP contribution in [0.15, 0.2) is 65.6 Å². The highest BCUT2D eigenvalue weighted by molar-refractivity contribution is 7.89. The van der Waals surface area contributed by atoms with Gasteiger partial charge in [0.25, 0.3) is 5.91 Å². The number of hydrogen-bond donors (Lipinski definition) is 3. The van der Waals surface area contributed by atoms with Gasteiger partial charge in [-0.1, -0.05) is 24.6 Å². The standard InChI is InChI=1S/C37H48N4O9S/c1-24-9-13-30(14-10-24)51(45,46)40(5)21-35-25(2)20-41(26(3)22-42)36(43)31-18-28(11-15-32(31)50-27(4)8-6-7-17-47-35)38-37(44)39-29-12-16-33-34(19-29)49-23-48-33/h9-16,18-19,25-27,35,42H,6-8,17,20-23H2,1-5H3,(H2,38,39,44)/t25-,26+,27-,35+/m1/s1. The number of hydrogen-bond acceptors (Lipinski definition) is 9. The lowest BCUT2D eigenvalue weighted by Gasteiger charge is -2.35. The number of rotatable bonds is 8. The summed E-state index contributed by atoms with van der Waals surface area (Å²) in [5.74, 6) is 0.717. The van der Waals surface area contributed by atoms with E-state index in [1.54, 1.807) is 72.5 Å². The molecule has 2 aliphatic rings. The molecule has 3 N–H and O–H groups in total. The van der Waals surface area contributed by atoms with E-state index in [4.69, 9.17) is 18.9 Å². The highest BCUT2D eigenvalue weighted by atomic mass is 32.2. The second-order valence-corrected chi connectivity index (χ2v) is 15.3. The molecule has 0 radical (unpaired) electrons. The Balaban J connectivity index is 1.39. The van der Waals surface area contributed by atoms with E-state index >= 15 is 0 Å². The summed E-state index contributed by atoms with van der Waals surface area (Å²) in [6, 6.07) is 15.5. The van der Waals surface area contributed by atoms with Crippen molar-refractivity contribution in [3.8, 4) is 17.2 Å². The summed E-state index contributed by atoms with van der Waals surface area (Å²) in [7, 11) is -2.27. The minimum absolute atomic E-state index is 0.0650. The number of sulfonamides is 1. The van der Waals surface area contributed by atoms with Crippen molar-refractivity contribution in [2.24, 2.45) is 5.92 Å². The van der Waals surface area contributed by atoms with E-state index in [0.717, 1.165) is 18.4 Å². The van der Waals surface area contributed by atoms with Crippen molar-refractivity contribution in [1.82, 2.24) is 9.21 Å². The molecular weight excluding hydrogens is 676 g/mol. The Kier molecular flexibility index (Phi) is 12.5. The summed E-state index contributed by atoms with van der Waals surface area (Å²) in [6.07, 6.45) is 1.41. The SMILES string of the molecule is Cc1ccc(S(=O)(=O)N(C)C[C@@H]2OCCCC[C@@H](C)Oc3ccc(NC(=O)Nc4ccc5c(c4)OCO5)cc3C(=O)N([C@@H](C)CO)C[C@H]2C)cc1. The van der Waals surface area contributed by atoms with E-state index in [0.29, 0.717) is 41.7 Å². The van der Waals surface area contributed by atoms with Crippen molar-refractivity contribution in [3.63, 3.8) is 0 Å². The van der Waals surface area contributed by atoms with Crippen LogP contribution in [0.2, 0.25) is 0 Å². The fourth-order valence-corrected chi connectivity index (χ4v) is 7.16. The van der Waals surface area contributed by atoms with Gasteiger partial charge in [-0.2, -0.15) is 4.31 Å². The van der Waals surface area contributed by atoms with Gasteiger partial charge in [-0.05, 0) is 82.5 Å². The van der Waals surface area contributed by atoms with Crippen LogP contribution in [-0.2, 0) is 14.8 Å². The molecule has 4 atom stereocenters. The number of benzene rings is 3. The number of carbonyl (C=O) groups is 2. The summed E-state index contributed by atoms with van der Waals surface area (Å²) >= 11 is 0. The highest BCUT2D eigenvalue weighted by Gasteiger charge is 2.32. The van der Waals surface area contributed by atoms with Gasteiger partial charge in [0, 0.05) is 50.1 Å². The Morgan fingerprint density at radius 1 is 0.980 bits per heavy atom. The molecule has 0 spiro atoms. The summed E-state index contributed by atoms with van der Waals surface area (Å²) in [5.41, 5.74) is 2.01. The fourth-order valence-electron chi connectivity index (χ4n) is 5.97. The molecule has 0 saturated carbocycles. The van der Waals surface area contributed by atoms with E-state index in [2.05, 4.69) is 10.6 Å². The van der Waals surface area contributed by atoms with Crippen molar-refractivity contribution in [2.75, 3.05) is 50.8 Å². The van der Waals surface area contributed by atoms with Crippen LogP contribution in [0, 0.1) is 12.8 Å². The summed E-state index contributed by atoms with van der Waals surface area (Å²) in [4.78, 5) is 29.2. The number of urea groups is 1. The van der Waals surface area contributed by atoms with Crippen LogP contribution in [-0.4, -0.2) is 93.1 Å². The number of aliphatic hydroxyl groups is 1. The van der Waals surface area contributed by atoms with E-state index in [1.165, 1.54) is 11.4 Å². The number of nitrogens with zero attached hydrogens (tertiary/aromatic N) is 2. The molecule has 0 aliphatic carbocycles. The molecule has 0 fully saturated rings. The van der Waals surface area contributed by atoms with Gasteiger partial charge < -0.3 is 39.6 Å². The van der Waals surface area contributed by atoms with Crippen molar-refractivity contribution < 1.29 is 42.1 Å². The van der Waals surface area contributed by atoms with Crippen LogP contribution in [0.3, 0.4) is 0 Å². The maximum absolute atomic E-state index is 14.4. The molecule has 0 unspecified atom stereocenters. The number of carbonyl (C=O) groups excluding carboxylic acids is 2. The number of nitrogens with one attached hydrogen (secondary N) is 2. The second kappa shape index (κ2) is 16.8. The van der Waals surface area contributed by atoms with Gasteiger partial charge >= 0.3 is 6.03 Å². The quantitative estimate of drug-likeness (QED) is 0.274. The van der Waals surface area contributed by atoms with Crippen LogP contribution < -0.4 is 24.8 Å². The first-order valence-corrected chi connectivity index (χ1v) is 18.6. The number of fused-ring (bicyclic) bond motifs is 2.